The summed E-state index contributed by atoms with van der Waals surface area (Å²) in [5, 5.41) is 3.15. The van der Waals surface area contributed by atoms with Crippen LogP contribution in [0.25, 0.3) is 0 Å². The van der Waals surface area contributed by atoms with Crippen molar-refractivity contribution in [1.82, 2.24) is 15.2 Å². The Morgan fingerprint density at radius 2 is 1.70 bits per heavy atom. The summed E-state index contributed by atoms with van der Waals surface area (Å²) in [5.74, 6) is 1.66. The van der Waals surface area contributed by atoms with E-state index in [1.807, 2.05) is 32.9 Å². The van der Waals surface area contributed by atoms with Crippen LogP contribution in [0.1, 0.15) is 100 Å². The van der Waals surface area contributed by atoms with Crippen molar-refractivity contribution in [3.63, 3.8) is 0 Å². The summed E-state index contributed by atoms with van der Waals surface area (Å²) < 4.78 is 5.48. The quantitative estimate of drug-likeness (QED) is 0.441. The van der Waals surface area contributed by atoms with Gasteiger partial charge in [0.25, 0.3) is 5.91 Å². The molecular formula is C34H45N3O3. The molecule has 2 amide bonds. The Bertz CT molecular complexity index is 1200. The number of carbonyl (C=O) groups is 2. The number of nitrogens with one attached hydrogen (secondary N) is 1. The summed E-state index contributed by atoms with van der Waals surface area (Å²) in [4.78, 5) is 31.7. The summed E-state index contributed by atoms with van der Waals surface area (Å²) in [7, 11) is 0. The zero-order valence-corrected chi connectivity index (χ0v) is 24.5. The first kappa shape index (κ1) is 27.3. The van der Waals surface area contributed by atoms with Gasteiger partial charge in [0.1, 0.15) is 5.60 Å². The van der Waals surface area contributed by atoms with Crippen molar-refractivity contribution in [2.24, 2.45) is 17.3 Å². The highest BCUT2D eigenvalue weighted by Gasteiger charge is 2.57. The molecule has 214 valence electrons. The summed E-state index contributed by atoms with van der Waals surface area (Å²) >= 11 is 0. The molecule has 2 heterocycles. The lowest BCUT2D eigenvalue weighted by atomic mass is 9.42. The molecule has 4 bridgehead atoms. The first-order valence-electron chi connectivity index (χ1n) is 15.4. The fourth-order valence-electron chi connectivity index (χ4n) is 8.78. The normalized spacial score (nSPS) is 29.8. The van der Waals surface area contributed by atoms with E-state index in [-0.39, 0.29) is 18.0 Å². The van der Waals surface area contributed by atoms with Gasteiger partial charge in [-0.25, -0.2) is 4.79 Å². The number of rotatable bonds is 6. The second kappa shape index (κ2) is 10.5. The van der Waals surface area contributed by atoms with Crippen molar-refractivity contribution in [3.8, 4) is 0 Å². The number of amides is 2. The Morgan fingerprint density at radius 1 is 1.00 bits per heavy atom. The minimum atomic E-state index is -0.499. The second-order valence-corrected chi connectivity index (χ2v) is 14.4. The van der Waals surface area contributed by atoms with E-state index < -0.39 is 5.60 Å². The number of hydrogen-bond donors (Lipinski definition) is 1. The highest BCUT2D eigenvalue weighted by atomic mass is 16.6. The Balaban J connectivity index is 1.02. The average Bonchev–Trinajstić information content (AvgIpc) is 2.91. The molecule has 6 nitrogen and oxygen atoms in total. The number of nitrogens with zero attached hydrogens (tertiary/aromatic N) is 2. The third kappa shape index (κ3) is 5.77. The molecule has 40 heavy (non-hydrogen) atoms. The molecule has 1 aromatic heterocycles. The first-order valence-corrected chi connectivity index (χ1v) is 15.4. The van der Waals surface area contributed by atoms with Gasteiger partial charge in [0.2, 0.25) is 0 Å². The molecule has 4 aliphatic carbocycles. The monoisotopic (exact) mass is 543 g/mol. The van der Waals surface area contributed by atoms with E-state index >= 15 is 0 Å². The summed E-state index contributed by atoms with van der Waals surface area (Å²) in [6.07, 6.45) is 13.4. The SMILES string of the molecule is CC(C)(C)OC(=O)N1CCC(NC(=O)c2ccc(CCC34CC5CC(C3)CC(c3ccccc3)(C5)C4)nc2)CC1. The van der Waals surface area contributed by atoms with E-state index in [1.165, 1.54) is 44.9 Å². The van der Waals surface area contributed by atoms with Gasteiger partial charge in [-0.1, -0.05) is 30.3 Å². The van der Waals surface area contributed by atoms with E-state index in [4.69, 9.17) is 9.72 Å². The number of aromatic nitrogens is 1. The van der Waals surface area contributed by atoms with E-state index in [9.17, 15) is 9.59 Å². The summed E-state index contributed by atoms with van der Waals surface area (Å²) in [6.45, 7) is 6.81. The number of likely N-dealkylation sites (tertiary alicyclic amines) is 1. The van der Waals surface area contributed by atoms with Crippen LogP contribution in [0, 0.1) is 17.3 Å². The maximum atomic E-state index is 12.9. The Hall–Kier alpha value is -2.89. The van der Waals surface area contributed by atoms with Gasteiger partial charge in [-0.3, -0.25) is 9.78 Å². The van der Waals surface area contributed by atoms with Crippen LogP contribution in [0.5, 0.6) is 0 Å². The Morgan fingerprint density at radius 3 is 2.33 bits per heavy atom. The van der Waals surface area contributed by atoms with Gasteiger partial charge in [0.05, 0.1) is 5.56 Å². The van der Waals surface area contributed by atoms with Crippen LogP contribution in [-0.4, -0.2) is 46.6 Å². The van der Waals surface area contributed by atoms with E-state index in [1.54, 1.807) is 16.7 Å². The van der Waals surface area contributed by atoms with Gasteiger partial charge in [-0.05, 0) is 125 Å². The number of pyridine rings is 1. The van der Waals surface area contributed by atoms with E-state index in [0.29, 0.717) is 29.5 Å². The molecule has 1 aromatic carbocycles. The number of hydrogen-bond acceptors (Lipinski definition) is 4. The van der Waals surface area contributed by atoms with Crippen LogP contribution in [0.3, 0.4) is 0 Å². The minimum Gasteiger partial charge on any atom is -0.444 e. The molecule has 6 heteroatoms. The van der Waals surface area contributed by atoms with Gasteiger partial charge in [-0.2, -0.15) is 0 Å². The number of carbonyl (C=O) groups excluding carboxylic acids is 2. The Kier molecular flexibility index (Phi) is 7.16. The van der Waals surface area contributed by atoms with Crippen molar-refractivity contribution in [1.29, 1.82) is 0 Å². The van der Waals surface area contributed by atoms with Crippen molar-refractivity contribution < 1.29 is 14.3 Å². The average molecular weight is 544 g/mol. The smallest absolute Gasteiger partial charge is 0.410 e. The molecule has 0 radical (unpaired) electrons. The Labute approximate surface area is 239 Å². The van der Waals surface area contributed by atoms with Crippen LogP contribution in [0.2, 0.25) is 0 Å². The molecule has 4 saturated carbocycles. The molecule has 2 aromatic rings. The molecule has 1 saturated heterocycles. The molecule has 5 aliphatic rings. The topological polar surface area (TPSA) is 71.5 Å². The highest BCUT2D eigenvalue weighted by molar-refractivity contribution is 5.94. The van der Waals surface area contributed by atoms with Gasteiger partial charge in [0.15, 0.2) is 0 Å². The van der Waals surface area contributed by atoms with Crippen LogP contribution in [0.4, 0.5) is 4.79 Å². The third-order valence-corrected chi connectivity index (χ3v) is 10.0. The second-order valence-electron chi connectivity index (χ2n) is 14.4. The zero-order chi connectivity index (χ0) is 28.0. The number of piperidine rings is 1. The molecule has 1 aliphatic heterocycles. The van der Waals surface area contributed by atoms with E-state index in [2.05, 4.69) is 35.6 Å². The van der Waals surface area contributed by atoms with Gasteiger partial charge >= 0.3 is 6.09 Å². The summed E-state index contributed by atoms with van der Waals surface area (Å²) in [6, 6.07) is 15.4. The zero-order valence-electron chi connectivity index (χ0n) is 24.5. The number of aryl methyl sites for hydroxylation is 1. The van der Waals surface area contributed by atoms with Crippen molar-refractivity contribution >= 4 is 12.0 Å². The number of ether oxygens (including phenoxy) is 1. The summed E-state index contributed by atoms with van der Waals surface area (Å²) in [5.41, 5.74) is 3.58. The minimum absolute atomic E-state index is 0.0545. The molecule has 1 N–H and O–H groups in total. The fourth-order valence-corrected chi connectivity index (χ4v) is 8.78. The predicted octanol–water partition coefficient (Wildman–Crippen LogP) is 6.68. The fraction of sp³-hybridized carbons (Fsp3) is 0.618. The van der Waals surface area contributed by atoms with Gasteiger partial charge < -0.3 is 15.0 Å². The van der Waals surface area contributed by atoms with Crippen molar-refractivity contribution in [2.45, 2.75) is 102 Å². The van der Waals surface area contributed by atoms with Gasteiger partial charge in [-0.15, -0.1) is 0 Å². The standard InChI is InChI=1S/C34H45N3O3/c1-32(2,3)40-31(39)37-15-12-29(13-16-37)36-30(38)26-9-10-28(35-22-26)11-14-33-18-24-17-25(19-33)21-34(20-24,23-33)27-7-5-4-6-8-27/h4-10,22,24-25,29H,11-21,23H2,1-3H3,(H,36,38). The lowest BCUT2D eigenvalue weighted by Crippen LogP contribution is -2.54. The maximum Gasteiger partial charge on any atom is 0.410 e. The highest BCUT2D eigenvalue weighted by Crippen LogP contribution is 2.66. The third-order valence-electron chi connectivity index (χ3n) is 10.0. The van der Waals surface area contributed by atoms with Crippen LogP contribution in [-0.2, 0) is 16.6 Å². The maximum absolute atomic E-state index is 12.9. The van der Waals surface area contributed by atoms with Crippen LogP contribution in [0.15, 0.2) is 48.7 Å². The molecule has 2 unspecified atom stereocenters. The van der Waals surface area contributed by atoms with Crippen LogP contribution >= 0.6 is 0 Å². The lowest BCUT2D eigenvalue weighted by molar-refractivity contribution is -0.0761. The van der Waals surface area contributed by atoms with Crippen molar-refractivity contribution in [3.05, 3.63) is 65.5 Å². The molecule has 5 fully saturated rings. The lowest BCUT2D eigenvalue weighted by Gasteiger charge is -2.63. The first-order chi connectivity index (χ1) is 19.1. The molecule has 0 spiro atoms. The molecule has 7 rings (SSSR count). The van der Waals surface area contributed by atoms with Gasteiger partial charge in [0, 0.05) is 31.0 Å². The largest absolute Gasteiger partial charge is 0.444 e. The predicted molar refractivity (Wildman–Crippen MR) is 156 cm³/mol. The molecule has 2 atom stereocenters. The number of benzene rings is 1. The van der Waals surface area contributed by atoms with Crippen molar-refractivity contribution in [2.75, 3.05) is 13.1 Å². The van der Waals surface area contributed by atoms with Crippen LogP contribution < -0.4 is 5.32 Å². The molecular weight excluding hydrogens is 498 g/mol. The van der Waals surface area contributed by atoms with E-state index in [0.717, 1.165) is 36.8 Å².